The molecule has 1 N–H and O–H groups in total. The number of nitrogens with zero attached hydrogens (tertiary/aromatic N) is 2. The van der Waals surface area contributed by atoms with Crippen molar-refractivity contribution in [1.82, 2.24) is 9.97 Å². The van der Waals surface area contributed by atoms with Crippen molar-refractivity contribution in [3.63, 3.8) is 0 Å². The van der Waals surface area contributed by atoms with Crippen molar-refractivity contribution in [3.05, 3.63) is 33.6 Å². The van der Waals surface area contributed by atoms with Gasteiger partial charge in [0.15, 0.2) is 0 Å². The number of hydrogen-bond acceptors (Lipinski definition) is 5. The average molecular weight is 249 g/mol. The van der Waals surface area contributed by atoms with Gasteiger partial charge in [-0.3, -0.25) is 0 Å². The Balaban J connectivity index is 2.09. The lowest BCUT2D eigenvalue weighted by Gasteiger charge is -2.07. The number of anilines is 1. The summed E-state index contributed by atoms with van der Waals surface area (Å²) in [5.41, 5.74) is 3.46. The molecule has 0 aliphatic heterocycles. The van der Waals surface area contributed by atoms with Crippen LogP contribution in [0.25, 0.3) is 0 Å². The molecule has 0 atom stereocenters. The first-order chi connectivity index (χ1) is 8.19. The highest BCUT2D eigenvalue weighted by Crippen LogP contribution is 2.16. The topological polar surface area (TPSA) is 47.0 Å². The largest absolute Gasteiger partial charge is 0.481 e. The summed E-state index contributed by atoms with van der Waals surface area (Å²) in [5, 5.41) is 7.48. The van der Waals surface area contributed by atoms with Crippen LogP contribution in [0.1, 0.15) is 16.8 Å². The monoisotopic (exact) mass is 249 g/mol. The van der Waals surface area contributed by atoms with Crippen LogP contribution in [0.15, 0.2) is 16.8 Å². The van der Waals surface area contributed by atoms with Gasteiger partial charge in [-0.25, -0.2) is 4.98 Å². The maximum atomic E-state index is 5.11. The van der Waals surface area contributed by atoms with Gasteiger partial charge in [0.25, 0.3) is 0 Å². The summed E-state index contributed by atoms with van der Waals surface area (Å²) in [7, 11) is 1.61. The van der Waals surface area contributed by atoms with Crippen molar-refractivity contribution >= 4 is 17.3 Å². The molecule has 0 spiro atoms. The molecule has 0 aliphatic rings. The molecule has 2 rings (SSSR count). The van der Waals surface area contributed by atoms with Gasteiger partial charge in [0.2, 0.25) is 11.8 Å². The molecule has 2 aromatic heterocycles. The van der Waals surface area contributed by atoms with Crippen molar-refractivity contribution in [1.29, 1.82) is 0 Å². The summed E-state index contributed by atoms with van der Waals surface area (Å²) in [4.78, 5) is 8.55. The van der Waals surface area contributed by atoms with Gasteiger partial charge in [-0.2, -0.15) is 16.3 Å². The Kier molecular flexibility index (Phi) is 3.58. The first-order valence-corrected chi connectivity index (χ1v) is 6.28. The molecule has 4 nitrogen and oxygen atoms in total. The Morgan fingerprint density at radius 3 is 2.76 bits per heavy atom. The Morgan fingerprint density at radius 2 is 2.12 bits per heavy atom. The highest BCUT2D eigenvalue weighted by molar-refractivity contribution is 7.08. The lowest BCUT2D eigenvalue weighted by molar-refractivity contribution is 0.397. The zero-order valence-electron chi connectivity index (χ0n) is 10.2. The molecule has 0 aliphatic carbocycles. The van der Waals surface area contributed by atoms with E-state index in [1.807, 2.05) is 6.92 Å². The molecule has 0 aromatic carbocycles. The van der Waals surface area contributed by atoms with Gasteiger partial charge in [-0.1, -0.05) is 0 Å². The molecular weight excluding hydrogens is 234 g/mol. The van der Waals surface area contributed by atoms with Gasteiger partial charge in [-0.15, -0.1) is 0 Å². The van der Waals surface area contributed by atoms with E-state index in [4.69, 9.17) is 4.74 Å². The van der Waals surface area contributed by atoms with E-state index < -0.39 is 0 Å². The van der Waals surface area contributed by atoms with Crippen LogP contribution in [0.3, 0.4) is 0 Å². The second-order valence-corrected chi connectivity index (χ2v) is 4.55. The lowest BCUT2D eigenvalue weighted by Crippen LogP contribution is -2.05. The number of ether oxygens (including phenoxy) is 1. The van der Waals surface area contributed by atoms with Crippen molar-refractivity contribution in [2.24, 2.45) is 0 Å². The number of hydrogen-bond donors (Lipinski definition) is 1. The molecular formula is C12H15N3OS. The molecule has 0 fully saturated rings. The molecule has 0 amide bonds. The van der Waals surface area contributed by atoms with Gasteiger partial charge in [0.1, 0.15) is 0 Å². The zero-order valence-corrected chi connectivity index (χ0v) is 11.0. The van der Waals surface area contributed by atoms with Gasteiger partial charge < -0.3 is 10.1 Å². The van der Waals surface area contributed by atoms with E-state index in [1.54, 1.807) is 24.5 Å². The molecule has 2 heterocycles. The first kappa shape index (κ1) is 11.9. The fourth-order valence-electron chi connectivity index (χ4n) is 1.47. The smallest absolute Gasteiger partial charge is 0.226 e. The van der Waals surface area contributed by atoms with Crippen LogP contribution in [0.5, 0.6) is 5.88 Å². The number of aryl methyl sites for hydroxylation is 2. The van der Waals surface area contributed by atoms with Crippen LogP contribution >= 0.6 is 11.3 Å². The summed E-state index contributed by atoms with van der Waals surface area (Å²) >= 11 is 1.71. The summed E-state index contributed by atoms with van der Waals surface area (Å²) in [6.45, 7) is 4.76. The quantitative estimate of drug-likeness (QED) is 0.905. The van der Waals surface area contributed by atoms with Gasteiger partial charge >= 0.3 is 0 Å². The molecule has 90 valence electrons. The number of thiophene rings is 1. The van der Waals surface area contributed by atoms with Crippen molar-refractivity contribution in [3.8, 4) is 5.88 Å². The SMILES string of the molecule is COc1cc(C)nc(NCc2cscc2C)n1. The van der Waals surface area contributed by atoms with E-state index in [0.29, 0.717) is 11.8 Å². The van der Waals surface area contributed by atoms with Crippen molar-refractivity contribution < 1.29 is 4.74 Å². The van der Waals surface area contributed by atoms with Gasteiger partial charge in [-0.05, 0) is 35.7 Å². The molecule has 0 unspecified atom stereocenters. The van der Waals surface area contributed by atoms with Gasteiger partial charge in [0, 0.05) is 18.3 Å². The minimum Gasteiger partial charge on any atom is -0.481 e. The number of methoxy groups -OCH3 is 1. The highest BCUT2D eigenvalue weighted by Gasteiger charge is 2.03. The molecule has 17 heavy (non-hydrogen) atoms. The van der Waals surface area contributed by atoms with Crippen LogP contribution in [-0.4, -0.2) is 17.1 Å². The number of rotatable bonds is 4. The zero-order chi connectivity index (χ0) is 12.3. The van der Waals surface area contributed by atoms with Crippen LogP contribution in [-0.2, 0) is 6.54 Å². The molecule has 0 saturated heterocycles. The minimum absolute atomic E-state index is 0.585. The van der Waals surface area contributed by atoms with Crippen LogP contribution in [0, 0.1) is 13.8 Å². The Hall–Kier alpha value is -1.62. The van der Waals surface area contributed by atoms with E-state index in [0.717, 1.165) is 12.2 Å². The van der Waals surface area contributed by atoms with E-state index >= 15 is 0 Å². The molecule has 0 radical (unpaired) electrons. The second-order valence-electron chi connectivity index (χ2n) is 3.81. The lowest BCUT2D eigenvalue weighted by atomic mass is 10.2. The van der Waals surface area contributed by atoms with Crippen LogP contribution < -0.4 is 10.1 Å². The standard InChI is InChI=1S/C12H15N3OS/c1-8-6-17-7-10(8)5-13-12-14-9(2)4-11(15-12)16-3/h4,6-7H,5H2,1-3H3,(H,13,14,15). The maximum absolute atomic E-state index is 5.11. The molecule has 0 saturated carbocycles. The maximum Gasteiger partial charge on any atom is 0.226 e. The third kappa shape index (κ3) is 2.94. The van der Waals surface area contributed by atoms with Crippen molar-refractivity contribution in [2.45, 2.75) is 20.4 Å². The minimum atomic E-state index is 0.585. The van der Waals surface area contributed by atoms with E-state index in [-0.39, 0.29) is 0 Å². The second kappa shape index (κ2) is 5.14. The summed E-state index contributed by atoms with van der Waals surface area (Å²) in [6, 6.07) is 1.81. The van der Waals surface area contributed by atoms with Crippen molar-refractivity contribution in [2.75, 3.05) is 12.4 Å². The highest BCUT2D eigenvalue weighted by atomic mass is 32.1. The summed E-state index contributed by atoms with van der Waals surface area (Å²) < 4.78 is 5.11. The van der Waals surface area contributed by atoms with Gasteiger partial charge in [0.05, 0.1) is 7.11 Å². The van der Waals surface area contributed by atoms with E-state index in [9.17, 15) is 0 Å². The molecule has 2 aromatic rings. The number of nitrogens with one attached hydrogen (secondary N) is 1. The normalized spacial score (nSPS) is 10.3. The van der Waals surface area contributed by atoms with Crippen LogP contribution in [0.4, 0.5) is 5.95 Å². The molecule has 0 bridgehead atoms. The van der Waals surface area contributed by atoms with E-state index in [2.05, 4.69) is 33.0 Å². The third-order valence-corrected chi connectivity index (χ3v) is 3.35. The Morgan fingerprint density at radius 1 is 1.29 bits per heavy atom. The van der Waals surface area contributed by atoms with E-state index in [1.165, 1.54) is 11.1 Å². The summed E-state index contributed by atoms with van der Waals surface area (Å²) in [5.74, 6) is 1.19. The average Bonchev–Trinajstić information content (AvgIpc) is 2.71. The third-order valence-electron chi connectivity index (χ3n) is 2.44. The summed E-state index contributed by atoms with van der Waals surface area (Å²) in [6.07, 6.45) is 0. The van der Waals surface area contributed by atoms with Crippen LogP contribution in [0.2, 0.25) is 0 Å². The first-order valence-electron chi connectivity index (χ1n) is 5.34. The molecule has 5 heteroatoms. The fraction of sp³-hybridized carbons (Fsp3) is 0.333. The Bertz CT molecular complexity index is 510. The Labute approximate surface area is 105 Å². The predicted octanol–water partition coefficient (Wildman–Crippen LogP) is 2.78. The fourth-order valence-corrected chi connectivity index (χ4v) is 2.32. The number of aromatic nitrogens is 2. The predicted molar refractivity (Wildman–Crippen MR) is 69.7 cm³/mol.